The normalized spacial score (nSPS) is 26.7. The largest absolute Gasteiger partial charge is 0.390 e. The zero-order valence-corrected chi connectivity index (χ0v) is 13.1. The Balaban J connectivity index is 2.25. The van der Waals surface area contributed by atoms with Gasteiger partial charge >= 0.3 is 6.18 Å². The molecule has 1 aromatic rings. The Morgan fingerprint density at radius 2 is 2.10 bits per heavy atom. The lowest BCUT2D eigenvalue weighted by Gasteiger charge is -2.24. The maximum atomic E-state index is 12.5. The molecule has 1 aromatic heterocycles. The first-order chi connectivity index (χ1) is 9.66. The molecule has 0 aliphatic carbocycles. The van der Waals surface area contributed by atoms with Crippen LogP contribution >= 0.6 is 11.3 Å². The quantitative estimate of drug-likeness (QED) is 0.919. The second-order valence-corrected chi connectivity index (χ2v) is 6.86. The van der Waals surface area contributed by atoms with E-state index in [-0.39, 0.29) is 12.5 Å². The fraction of sp³-hybridized carbons (Fsp3) is 0.643. The van der Waals surface area contributed by atoms with Crippen LogP contribution in [0.5, 0.6) is 0 Å². The predicted molar refractivity (Wildman–Crippen MR) is 76.0 cm³/mol. The molecule has 0 saturated carbocycles. The number of aryl methyl sites for hydroxylation is 1. The zero-order valence-electron chi connectivity index (χ0n) is 12.3. The minimum atomic E-state index is -4.26. The fourth-order valence-electron chi connectivity index (χ4n) is 2.43. The molecule has 7 heteroatoms. The molecule has 3 nitrogen and oxygen atoms in total. The molecule has 0 aromatic carbocycles. The third-order valence-electron chi connectivity index (χ3n) is 3.87. The molecule has 1 aliphatic rings. The van der Waals surface area contributed by atoms with Gasteiger partial charge in [0.2, 0.25) is 5.91 Å². The van der Waals surface area contributed by atoms with Gasteiger partial charge in [-0.25, -0.2) is 0 Å². The van der Waals surface area contributed by atoms with Gasteiger partial charge in [0.1, 0.15) is 6.17 Å². The SMILES string of the molecule is CCC1(C)NC(c2ccc(C)s2)N(CCC(F)(F)F)C1=O. The van der Waals surface area contributed by atoms with Crippen LogP contribution in [0.3, 0.4) is 0 Å². The summed E-state index contributed by atoms with van der Waals surface area (Å²) in [5, 5.41) is 3.20. The van der Waals surface area contributed by atoms with Gasteiger partial charge in [0.15, 0.2) is 0 Å². The third-order valence-corrected chi connectivity index (χ3v) is 4.93. The molecule has 0 bridgehead atoms. The topological polar surface area (TPSA) is 32.3 Å². The summed E-state index contributed by atoms with van der Waals surface area (Å²) in [6.07, 6.45) is -5.18. The highest BCUT2D eigenvalue weighted by atomic mass is 32.1. The van der Waals surface area contributed by atoms with Crippen LogP contribution in [0.2, 0.25) is 0 Å². The number of rotatable bonds is 4. The number of hydrogen-bond donors (Lipinski definition) is 1. The van der Waals surface area contributed by atoms with E-state index in [0.717, 1.165) is 9.75 Å². The average molecular weight is 320 g/mol. The number of halogens is 3. The highest BCUT2D eigenvalue weighted by Crippen LogP contribution is 2.36. The number of alkyl halides is 3. The van der Waals surface area contributed by atoms with Crippen LogP contribution in [0.25, 0.3) is 0 Å². The van der Waals surface area contributed by atoms with E-state index < -0.39 is 24.3 Å². The second kappa shape index (κ2) is 5.61. The average Bonchev–Trinajstić information content (AvgIpc) is 2.91. The summed E-state index contributed by atoms with van der Waals surface area (Å²) in [5.74, 6) is -0.259. The van der Waals surface area contributed by atoms with Crippen molar-refractivity contribution in [3.8, 4) is 0 Å². The first-order valence-electron chi connectivity index (χ1n) is 6.88. The van der Waals surface area contributed by atoms with Crippen molar-refractivity contribution < 1.29 is 18.0 Å². The van der Waals surface area contributed by atoms with Crippen LogP contribution < -0.4 is 5.32 Å². The van der Waals surface area contributed by atoms with E-state index in [0.29, 0.717) is 6.42 Å². The first kappa shape index (κ1) is 16.3. The maximum absolute atomic E-state index is 12.5. The Morgan fingerprint density at radius 1 is 1.43 bits per heavy atom. The summed E-state index contributed by atoms with van der Waals surface area (Å²) in [6, 6.07) is 3.78. The van der Waals surface area contributed by atoms with Gasteiger partial charge in [-0.05, 0) is 32.4 Å². The number of thiophene rings is 1. The van der Waals surface area contributed by atoms with E-state index in [1.54, 1.807) is 6.92 Å². The summed E-state index contributed by atoms with van der Waals surface area (Å²) in [6.45, 7) is 5.22. The number of nitrogens with zero attached hydrogens (tertiary/aromatic N) is 1. The minimum absolute atomic E-state index is 0.259. The lowest BCUT2D eigenvalue weighted by molar-refractivity contribution is -0.146. The van der Waals surface area contributed by atoms with Gasteiger partial charge in [-0.15, -0.1) is 11.3 Å². The van der Waals surface area contributed by atoms with Crippen molar-refractivity contribution in [2.24, 2.45) is 0 Å². The molecule has 0 spiro atoms. The van der Waals surface area contributed by atoms with Gasteiger partial charge in [0, 0.05) is 16.3 Å². The molecule has 1 amide bonds. The molecule has 21 heavy (non-hydrogen) atoms. The van der Waals surface area contributed by atoms with Crippen LogP contribution in [-0.4, -0.2) is 29.1 Å². The maximum Gasteiger partial charge on any atom is 0.390 e. The Morgan fingerprint density at radius 3 is 2.57 bits per heavy atom. The smallest absolute Gasteiger partial charge is 0.320 e. The van der Waals surface area contributed by atoms with E-state index >= 15 is 0 Å². The summed E-state index contributed by atoms with van der Waals surface area (Å²) in [5.41, 5.74) is -0.797. The molecule has 2 unspecified atom stereocenters. The van der Waals surface area contributed by atoms with Gasteiger partial charge in [-0.2, -0.15) is 13.2 Å². The summed E-state index contributed by atoms with van der Waals surface area (Å²) in [7, 11) is 0. The number of carbonyl (C=O) groups is 1. The van der Waals surface area contributed by atoms with Crippen molar-refractivity contribution in [2.45, 2.75) is 51.5 Å². The first-order valence-corrected chi connectivity index (χ1v) is 7.70. The third kappa shape index (κ3) is 3.40. The van der Waals surface area contributed by atoms with Crippen LogP contribution in [0.1, 0.15) is 42.6 Å². The summed E-state index contributed by atoms with van der Waals surface area (Å²) >= 11 is 1.50. The van der Waals surface area contributed by atoms with E-state index in [4.69, 9.17) is 0 Å². The van der Waals surface area contributed by atoms with E-state index in [1.807, 2.05) is 26.0 Å². The molecule has 1 N–H and O–H groups in total. The molecular formula is C14H19F3N2OS. The predicted octanol–water partition coefficient (Wildman–Crippen LogP) is 3.61. The van der Waals surface area contributed by atoms with E-state index in [9.17, 15) is 18.0 Å². The Hall–Kier alpha value is -1.08. The molecule has 1 fully saturated rings. The standard InChI is InChI=1S/C14H19F3N2OS/c1-4-13(3)12(20)19(8-7-14(15,16)17)11(18-13)10-6-5-9(2)21-10/h5-6,11,18H,4,7-8H2,1-3H3. The van der Waals surface area contributed by atoms with Crippen molar-refractivity contribution in [3.63, 3.8) is 0 Å². The molecule has 2 atom stereocenters. The molecule has 0 radical (unpaired) electrons. The van der Waals surface area contributed by atoms with Gasteiger partial charge in [-0.3, -0.25) is 10.1 Å². The van der Waals surface area contributed by atoms with Crippen molar-refractivity contribution >= 4 is 17.2 Å². The van der Waals surface area contributed by atoms with Crippen molar-refractivity contribution in [1.82, 2.24) is 10.2 Å². The molecule has 118 valence electrons. The molecular weight excluding hydrogens is 301 g/mol. The second-order valence-electron chi connectivity index (χ2n) is 5.54. The molecule has 2 heterocycles. The molecule has 1 aliphatic heterocycles. The highest BCUT2D eigenvalue weighted by molar-refractivity contribution is 7.12. The van der Waals surface area contributed by atoms with Crippen LogP contribution in [0, 0.1) is 6.92 Å². The van der Waals surface area contributed by atoms with Crippen LogP contribution in [-0.2, 0) is 4.79 Å². The van der Waals surface area contributed by atoms with E-state index in [2.05, 4.69) is 5.32 Å². The number of nitrogens with one attached hydrogen (secondary N) is 1. The summed E-state index contributed by atoms with van der Waals surface area (Å²) < 4.78 is 37.5. The van der Waals surface area contributed by atoms with Crippen LogP contribution in [0.4, 0.5) is 13.2 Å². The number of hydrogen-bond acceptors (Lipinski definition) is 3. The Kier molecular flexibility index (Phi) is 4.35. The molecule has 2 rings (SSSR count). The number of carbonyl (C=O) groups excluding carboxylic acids is 1. The van der Waals surface area contributed by atoms with Gasteiger partial charge in [-0.1, -0.05) is 6.92 Å². The monoisotopic (exact) mass is 320 g/mol. The highest BCUT2D eigenvalue weighted by Gasteiger charge is 2.48. The van der Waals surface area contributed by atoms with Crippen molar-refractivity contribution in [1.29, 1.82) is 0 Å². The van der Waals surface area contributed by atoms with Crippen molar-refractivity contribution in [3.05, 3.63) is 21.9 Å². The molecule has 1 saturated heterocycles. The lowest BCUT2D eigenvalue weighted by atomic mass is 9.99. The summed E-state index contributed by atoms with van der Waals surface area (Å²) in [4.78, 5) is 15.7. The van der Waals surface area contributed by atoms with Gasteiger partial charge < -0.3 is 4.90 Å². The lowest BCUT2D eigenvalue weighted by Crippen LogP contribution is -2.43. The zero-order chi connectivity index (χ0) is 15.8. The van der Waals surface area contributed by atoms with Crippen molar-refractivity contribution in [2.75, 3.05) is 6.54 Å². The van der Waals surface area contributed by atoms with E-state index in [1.165, 1.54) is 16.2 Å². The Labute approximate surface area is 126 Å². The van der Waals surface area contributed by atoms with Crippen LogP contribution in [0.15, 0.2) is 12.1 Å². The fourth-order valence-corrected chi connectivity index (χ4v) is 3.37. The minimum Gasteiger partial charge on any atom is -0.320 e. The number of amides is 1. The Bertz CT molecular complexity index is 529. The van der Waals surface area contributed by atoms with Gasteiger partial charge in [0.25, 0.3) is 0 Å². The van der Waals surface area contributed by atoms with Gasteiger partial charge in [0.05, 0.1) is 12.0 Å².